The van der Waals surface area contributed by atoms with Crippen molar-refractivity contribution in [1.29, 1.82) is 0 Å². The number of carboxylic acids is 1. The summed E-state index contributed by atoms with van der Waals surface area (Å²) in [5, 5.41) is 9.34. The lowest BCUT2D eigenvalue weighted by Gasteiger charge is -2.38. The van der Waals surface area contributed by atoms with Crippen molar-refractivity contribution >= 4 is 5.97 Å². The van der Waals surface area contributed by atoms with Gasteiger partial charge in [-0.05, 0) is 91.5 Å². The molecule has 0 aromatic heterocycles. The topological polar surface area (TPSA) is 37.3 Å². The quantitative estimate of drug-likeness (QED) is 0.213. The number of hydrogen-bond acceptors (Lipinski definition) is 1. The van der Waals surface area contributed by atoms with Crippen molar-refractivity contribution < 1.29 is 31.9 Å². The van der Waals surface area contributed by atoms with E-state index in [-0.39, 0.29) is 22.6 Å². The van der Waals surface area contributed by atoms with Gasteiger partial charge in [-0.2, -0.15) is 0 Å². The lowest BCUT2D eigenvalue weighted by Crippen LogP contribution is -2.25. The molecule has 4 rings (SSSR count). The number of carboxylic acid groups (broad SMARTS) is 1. The molecule has 7 heteroatoms. The van der Waals surface area contributed by atoms with E-state index in [4.69, 9.17) is 0 Å². The highest BCUT2D eigenvalue weighted by molar-refractivity contribution is 5.91. The van der Waals surface area contributed by atoms with E-state index in [9.17, 15) is 27.5 Å². The van der Waals surface area contributed by atoms with Gasteiger partial charge < -0.3 is 5.11 Å². The zero-order valence-electron chi connectivity index (χ0n) is 21.3. The Kier molecular flexibility index (Phi) is 8.91. The van der Waals surface area contributed by atoms with Crippen molar-refractivity contribution in [2.24, 2.45) is 17.8 Å². The number of halogens is 5. The van der Waals surface area contributed by atoms with Crippen LogP contribution < -0.4 is 0 Å². The smallest absolute Gasteiger partial charge is 0.341 e. The summed E-state index contributed by atoms with van der Waals surface area (Å²) in [4.78, 5) is 11.5. The summed E-state index contributed by atoms with van der Waals surface area (Å²) in [7, 11) is 0. The van der Waals surface area contributed by atoms with E-state index in [0.717, 1.165) is 24.8 Å². The molecule has 1 N–H and O–H groups in total. The number of carbonyl (C=O) groups is 1. The van der Waals surface area contributed by atoms with Gasteiger partial charge in [-0.3, -0.25) is 0 Å². The summed E-state index contributed by atoms with van der Waals surface area (Å²) in [5.74, 6) is -7.47. The van der Waals surface area contributed by atoms with Gasteiger partial charge in [0, 0.05) is 5.56 Å². The van der Waals surface area contributed by atoms with Gasteiger partial charge in [0.05, 0.1) is 0 Å². The van der Waals surface area contributed by atoms with Crippen LogP contribution in [-0.4, -0.2) is 11.1 Å². The van der Waals surface area contributed by atoms with Crippen LogP contribution in [0.5, 0.6) is 0 Å². The highest BCUT2D eigenvalue weighted by Crippen LogP contribution is 2.47. The lowest BCUT2D eigenvalue weighted by atomic mass is 9.67. The molecule has 202 valence electrons. The Morgan fingerprint density at radius 3 is 1.89 bits per heavy atom. The van der Waals surface area contributed by atoms with Crippen LogP contribution in [-0.2, 0) is 0 Å². The summed E-state index contributed by atoms with van der Waals surface area (Å²) >= 11 is 0. The highest BCUT2D eigenvalue weighted by Gasteiger charge is 2.34. The number of unbranched alkanes of at least 4 members (excludes halogenated alkanes) is 2. The monoisotopic (exact) mass is 522 g/mol. The molecule has 2 aliphatic rings. The third-order valence-corrected chi connectivity index (χ3v) is 8.72. The van der Waals surface area contributed by atoms with Crippen molar-refractivity contribution in [2.45, 2.75) is 89.9 Å². The van der Waals surface area contributed by atoms with Crippen molar-refractivity contribution in [3.63, 3.8) is 0 Å². The molecule has 0 bridgehead atoms. The fourth-order valence-electron chi connectivity index (χ4n) is 6.68. The van der Waals surface area contributed by atoms with Gasteiger partial charge in [0.25, 0.3) is 0 Å². The molecule has 2 aromatic carbocycles. The zero-order chi connectivity index (χ0) is 26.7. The molecule has 0 aliphatic heterocycles. The first-order valence-electron chi connectivity index (χ1n) is 13.6. The van der Waals surface area contributed by atoms with Crippen molar-refractivity contribution in [3.8, 4) is 11.1 Å². The van der Waals surface area contributed by atoms with Gasteiger partial charge in [0.15, 0.2) is 17.5 Å². The number of benzene rings is 2. The molecule has 2 saturated carbocycles. The summed E-state index contributed by atoms with van der Waals surface area (Å²) in [6.07, 6.45) is 13.1. The van der Waals surface area contributed by atoms with E-state index in [1.807, 2.05) is 0 Å². The standard InChI is InChI=1S/C30H35F5O2/c1-2-3-4-5-17-6-8-18(9-7-17)19-10-12-20(13-11-19)22-16-23(31)27(30(36)37)29(35)26(22)21-14-24(32)28(34)25(33)15-21/h14-20H,2-13H2,1H3,(H,36,37)/t17-,18-,19?,20?. The molecule has 0 radical (unpaired) electrons. The van der Waals surface area contributed by atoms with Gasteiger partial charge in [-0.15, -0.1) is 0 Å². The van der Waals surface area contributed by atoms with Crippen molar-refractivity contribution in [3.05, 3.63) is 58.4 Å². The Balaban J connectivity index is 1.53. The molecule has 2 fully saturated rings. The fourth-order valence-corrected chi connectivity index (χ4v) is 6.68. The van der Waals surface area contributed by atoms with Gasteiger partial charge >= 0.3 is 5.97 Å². The third-order valence-electron chi connectivity index (χ3n) is 8.72. The first-order chi connectivity index (χ1) is 17.7. The molecule has 0 spiro atoms. The average Bonchev–Trinajstić information content (AvgIpc) is 2.87. The van der Waals surface area contributed by atoms with E-state index < -0.39 is 40.6 Å². The summed E-state index contributed by atoms with van der Waals surface area (Å²) in [6, 6.07) is 2.25. The Morgan fingerprint density at radius 2 is 1.35 bits per heavy atom. The second-order valence-corrected chi connectivity index (χ2v) is 11.0. The maximum absolute atomic E-state index is 15.4. The molecule has 0 atom stereocenters. The predicted molar refractivity (Wildman–Crippen MR) is 133 cm³/mol. The largest absolute Gasteiger partial charge is 0.477 e. The van der Waals surface area contributed by atoms with E-state index in [2.05, 4.69) is 6.92 Å². The van der Waals surface area contributed by atoms with Crippen LogP contribution in [0.2, 0.25) is 0 Å². The molecule has 0 unspecified atom stereocenters. The maximum Gasteiger partial charge on any atom is 0.341 e. The molecule has 0 saturated heterocycles. The molecule has 2 aliphatic carbocycles. The Bertz CT molecular complexity index is 1090. The van der Waals surface area contributed by atoms with E-state index in [1.54, 1.807) is 0 Å². The van der Waals surface area contributed by atoms with Crippen LogP contribution >= 0.6 is 0 Å². The first-order valence-corrected chi connectivity index (χ1v) is 13.6. The predicted octanol–water partition coefficient (Wildman–Crippen LogP) is 9.41. The number of hydrogen-bond donors (Lipinski definition) is 1. The molecule has 37 heavy (non-hydrogen) atoms. The Hall–Kier alpha value is -2.44. The third kappa shape index (κ3) is 6.01. The van der Waals surface area contributed by atoms with Gasteiger partial charge in [-0.25, -0.2) is 26.7 Å². The SMILES string of the molecule is CCCCC[C@H]1CC[C@H](C2CCC(c3cc(F)c(C(=O)O)c(F)c3-c3cc(F)c(F)c(F)c3)CC2)CC1. The van der Waals surface area contributed by atoms with Crippen LogP contribution in [0.3, 0.4) is 0 Å². The highest BCUT2D eigenvalue weighted by atomic mass is 19.2. The molecule has 0 heterocycles. The van der Waals surface area contributed by atoms with E-state index in [0.29, 0.717) is 36.8 Å². The van der Waals surface area contributed by atoms with Crippen LogP contribution in [0.15, 0.2) is 18.2 Å². The van der Waals surface area contributed by atoms with Crippen LogP contribution in [0.25, 0.3) is 11.1 Å². The number of rotatable bonds is 8. The first kappa shape index (κ1) is 27.6. The van der Waals surface area contributed by atoms with Crippen LogP contribution in [0, 0.1) is 46.8 Å². The summed E-state index contributed by atoms with van der Waals surface area (Å²) in [6.45, 7) is 2.22. The molecule has 2 aromatic rings. The minimum Gasteiger partial charge on any atom is -0.477 e. The van der Waals surface area contributed by atoms with Crippen LogP contribution in [0.4, 0.5) is 22.0 Å². The fraction of sp³-hybridized carbons (Fsp3) is 0.567. The number of aromatic carboxylic acids is 1. The molecule has 0 amide bonds. The van der Waals surface area contributed by atoms with Crippen molar-refractivity contribution in [1.82, 2.24) is 0 Å². The van der Waals surface area contributed by atoms with Crippen LogP contribution in [0.1, 0.15) is 106 Å². The summed E-state index contributed by atoms with van der Waals surface area (Å²) < 4.78 is 71.7. The normalized spacial score (nSPS) is 24.3. The van der Waals surface area contributed by atoms with Gasteiger partial charge in [0.2, 0.25) is 0 Å². The summed E-state index contributed by atoms with van der Waals surface area (Å²) in [5.41, 5.74) is -1.71. The minimum atomic E-state index is -1.82. The van der Waals surface area contributed by atoms with Crippen molar-refractivity contribution in [2.75, 3.05) is 0 Å². The van der Waals surface area contributed by atoms with E-state index >= 15 is 4.39 Å². The average molecular weight is 523 g/mol. The second-order valence-electron chi connectivity index (χ2n) is 11.0. The van der Waals surface area contributed by atoms with Gasteiger partial charge in [-0.1, -0.05) is 45.4 Å². The Labute approximate surface area is 215 Å². The maximum atomic E-state index is 15.4. The molecular formula is C30H35F5O2. The Morgan fingerprint density at radius 1 is 0.784 bits per heavy atom. The minimum absolute atomic E-state index is 0.184. The second kappa shape index (κ2) is 12.0. The van der Waals surface area contributed by atoms with E-state index in [1.165, 1.54) is 51.4 Å². The van der Waals surface area contributed by atoms with Gasteiger partial charge in [0.1, 0.15) is 17.2 Å². The molecular weight excluding hydrogens is 487 g/mol. The molecule has 2 nitrogen and oxygen atoms in total. The lowest BCUT2D eigenvalue weighted by molar-refractivity contribution is 0.0686. The zero-order valence-corrected chi connectivity index (χ0v) is 21.3.